The molecule has 112 valence electrons. The molecule has 3 aromatic rings. The molecule has 0 saturated heterocycles. The van der Waals surface area contributed by atoms with Crippen molar-refractivity contribution < 1.29 is 9.53 Å². The normalized spacial score (nSPS) is 10.6. The summed E-state index contributed by atoms with van der Waals surface area (Å²) in [4.78, 5) is 18.9. The number of aromatic nitrogens is 2. The number of hydrazine groups is 1. The molecule has 22 heavy (non-hydrogen) atoms. The molecule has 3 rings (SSSR count). The van der Waals surface area contributed by atoms with Gasteiger partial charge >= 0.3 is 0 Å². The minimum absolute atomic E-state index is 0.111. The quantitative estimate of drug-likeness (QED) is 0.389. The number of aromatic amines is 1. The third kappa shape index (κ3) is 2.91. The Hall–Kier alpha value is -2.86. The van der Waals surface area contributed by atoms with Gasteiger partial charge in [0, 0.05) is 5.56 Å². The van der Waals surface area contributed by atoms with Crippen LogP contribution in [0.1, 0.15) is 5.56 Å². The third-order valence-electron chi connectivity index (χ3n) is 3.30. The largest absolute Gasteiger partial charge is 0.484 e. The number of fused-ring (bicyclic) bond motifs is 1. The van der Waals surface area contributed by atoms with E-state index in [0.717, 1.165) is 22.4 Å². The first-order valence-electron chi connectivity index (χ1n) is 6.85. The topological polar surface area (TPSA) is 93.0 Å². The summed E-state index contributed by atoms with van der Waals surface area (Å²) in [6, 6.07) is 13.4. The molecule has 0 aliphatic rings. The zero-order valence-corrected chi connectivity index (χ0v) is 12.1. The molecule has 0 unspecified atom stereocenters. The molecule has 6 nitrogen and oxygen atoms in total. The highest BCUT2D eigenvalue weighted by atomic mass is 16.5. The molecule has 0 saturated carbocycles. The number of amides is 1. The van der Waals surface area contributed by atoms with Crippen LogP contribution in [-0.2, 0) is 4.79 Å². The molecule has 0 fully saturated rings. The molecular weight excluding hydrogens is 280 g/mol. The molecule has 1 heterocycles. The second-order valence-electron chi connectivity index (χ2n) is 4.99. The van der Waals surface area contributed by atoms with Crippen molar-refractivity contribution in [2.75, 3.05) is 6.61 Å². The Morgan fingerprint density at radius 1 is 1.27 bits per heavy atom. The number of benzene rings is 2. The highest BCUT2D eigenvalue weighted by Gasteiger charge is 2.06. The van der Waals surface area contributed by atoms with Crippen molar-refractivity contribution in [3.8, 4) is 17.1 Å². The van der Waals surface area contributed by atoms with Gasteiger partial charge in [0.2, 0.25) is 0 Å². The van der Waals surface area contributed by atoms with E-state index in [9.17, 15) is 4.79 Å². The van der Waals surface area contributed by atoms with Crippen LogP contribution >= 0.6 is 0 Å². The monoisotopic (exact) mass is 296 g/mol. The maximum absolute atomic E-state index is 11.0. The van der Waals surface area contributed by atoms with E-state index in [2.05, 4.69) is 16.0 Å². The minimum Gasteiger partial charge on any atom is -0.484 e. The van der Waals surface area contributed by atoms with Crippen molar-refractivity contribution in [3.63, 3.8) is 0 Å². The Balaban J connectivity index is 1.80. The van der Waals surface area contributed by atoms with Gasteiger partial charge in [-0.3, -0.25) is 10.2 Å². The molecule has 4 N–H and O–H groups in total. The fourth-order valence-electron chi connectivity index (χ4n) is 2.16. The number of hydrogen-bond donors (Lipinski definition) is 3. The van der Waals surface area contributed by atoms with Crippen LogP contribution < -0.4 is 16.0 Å². The molecule has 0 atom stereocenters. The zero-order chi connectivity index (χ0) is 15.5. The molecule has 0 radical (unpaired) electrons. The Morgan fingerprint density at radius 2 is 2.05 bits per heavy atom. The fourth-order valence-corrected chi connectivity index (χ4v) is 2.16. The summed E-state index contributed by atoms with van der Waals surface area (Å²) in [5.74, 6) is 6.01. The number of aryl methyl sites for hydroxylation is 1. The summed E-state index contributed by atoms with van der Waals surface area (Å²) < 4.78 is 5.30. The molecule has 6 heteroatoms. The number of carbonyl (C=O) groups excluding carboxylic acids is 1. The molecule has 0 bridgehead atoms. The summed E-state index contributed by atoms with van der Waals surface area (Å²) in [6.45, 7) is 1.93. The van der Waals surface area contributed by atoms with Gasteiger partial charge in [0.15, 0.2) is 6.61 Å². The van der Waals surface area contributed by atoms with E-state index in [0.29, 0.717) is 5.75 Å². The summed E-state index contributed by atoms with van der Waals surface area (Å²) >= 11 is 0. The van der Waals surface area contributed by atoms with Crippen molar-refractivity contribution in [2.24, 2.45) is 5.84 Å². The van der Waals surface area contributed by atoms with Gasteiger partial charge in [0.05, 0.1) is 11.0 Å². The van der Waals surface area contributed by atoms with Crippen molar-refractivity contribution in [3.05, 3.63) is 48.0 Å². The van der Waals surface area contributed by atoms with Gasteiger partial charge in [-0.25, -0.2) is 10.8 Å². The minimum atomic E-state index is -0.378. The first-order chi connectivity index (χ1) is 10.7. The zero-order valence-electron chi connectivity index (χ0n) is 12.1. The number of nitrogens with zero attached hydrogens (tertiary/aromatic N) is 1. The third-order valence-corrected chi connectivity index (χ3v) is 3.30. The number of ether oxygens (including phenoxy) is 1. The van der Waals surface area contributed by atoms with Crippen LogP contribution in [0.15, 0.2) is 42.5 Å². The molecule has 2 aromatic carbocycles. The molecule has 1 amide bonds. The van der Waals surface area contributed by atoms with Crippen molar-refractivity contribution >= 4 is 16.9 Å². The molecule has 0 spiro atoms. The van der Waals surface area contributed by atoms with Gasteiger partial charge in [0.1, 0.15) is 11.6 Å². The van der Waals surface area contributed by atoms with E-state index in [1.807, 2.05) is 36.6 Å². The van der Waals surface area contributed by atoms with Gasteiger partial charge in [0.25, 0.3) is 5.91 Å². The highest BCUT2D eigenvalue weighted by molar-refractivity contribution is 5.80. The van der Waals surface area contributed by atoms with Crippen molar-refractivity contribution in [1.82, 2.24) is 15.4 Å². The number of hydrogen-bond acceptors (Lipinski definition) is 4. The summed E-state index contributed by atoms with van der Waals surface area (Å²) in [6.07, 6.45) is 0. The van der Waals surface area contributed by atoms with Gasteiger partial charge in [-0.2, -0.15) is 0 Å². The maximum Gasteiger partial charge on any atom is 0.271 e. The first-order valence-corrected chi connectivity index (χ1v) is 6.85. The summed E-state index contributed by atoms with van der Waals surface area (Å²) in [5.41, 5.74) is 6.09. The van der Waals surface area contributed by atoms with Crippen LogP contribution in [0.25, 0.3) is 22.4 Å². The maximum atomic E-state index is 11.0. The van der Waals surface area contributed by atoms with E-state index in [-0.39, 0.29) is 12.5 Å². The Kier molecular flexibility index (Phi) is 3.76. The lowest BCUT2D eigenvalue weighted by Crippen LogP contribution is -2.34. The smallest absolute Gasteiger partial charge is 0.271 e. The number of carbonyl (C=O) groups is 1. The van der Waals surface area contributed by atoms with E-state index < -0.39 is 0 Å². The lowest BCUT2D eigenvalue weighted by atomic mass is 10.2. The van der Waals surface area contributed by atoms with E-state index in [1.54, 1.807) is 12.1 Å². The fraction of sp³-hybridized carbons (Fsp3) is 0.125. The Bertz CT molecular complexity index is 809. The van der Waals surface area contributed by atoms with Crippen LogP contribution in [0, 0.1) is 6.92 Å². The van der Waals surface area contributed by atoms with Gasteiger partial charge in [-0.15, -0.1) is 0 Å². The molecule has 0 aliphatic carbocycles. The molecule has 1 aromatic heterocycles. The van der Waals surface area contributed by atoms with Crippen LogP contribution in [0.4, 0.5) is 0 Å². The average Bonchev–Trinajstić information content (AvgIpc) is 2.96. The predicted octanol–water partition coefficient (Wildman–Crippen LogP) is 1.91. The van der Waals surface area contributed by atoms with Crippen LogP contribution in [0.5, 0.6) is 5.75 Å². The number of nitrogens with two attached hydrogens (primary N) is 1. The van der Waals surface area contributed by atoms with E-state index in [4.69, 9.17) is 10.6 Å². The number of H-pyrrole nitrogens is 1. The SMILES string of the molecule is Cc1ccc2nc(-c3ccc(OCC(=O)NN)cc3)[nH]c2c1. The molecule has 0 aliphatic heterocycles. The van der Waals surface area contributed by atoms with Crippen LogP contribution in [0.3, 0.4) is 0 Å². The second kappa shape index (κ2) is 5.87. The first kappa shape index (κ1) is 14.1. The van der Waals surface area contributed by atoms with Crippen LogP contribution in [-0.4, -0.2) is 22.5 Å². The Morgan fingerprint density at radius 3 is 2.77 bits per heavy atom. The van der Waals surface area contributed by atoms with E-state index in [1.165, 1.54) is 5.56 Å². The highest BCUT2D eigenvalue weighted by Crippen LogP contribution is 2.23. The van der Waals surface area contributed by atoms with Crippen molar-refractivity contribution in [2.45, 2.75) is 6.92 Å². The van der Waals surface area contributed by atoms with Gasteiger partial charge in [-0.05, 0) is 48.9 Å². The lowest BCUT2D eigenvalue weighted by molar-refractivity contribution is -0.123. The Labute approximate surface area is 127 Å². The van der Waals surface area contributed by atoms with Gasteiger partial charge < -0.3 is 9.72 Å². The van der Waals surface area contributed by atoms with Gasteiger partial charge in [-0.1, -0.05) is 6.07 Å². The number of imidazole rings is 1. The summed E-state index contributed by atoms with van der Waals surface area (Å²) in [7, 11) is 0. The molecular formula is C16H16N4O2. The van der Waals surface area contributed by atoms with E-state index >= 15 is 0 Å². The number of rotatable bonds is 4. The average molecular weight is 296 g/mol. The predicted molar refractivity (Wildman–Crippen MR) is 84.1 cm³/mol. The van der Waals surface area contributed by atoms with Crippen LogP contribution in [0.2, 0.25) is 0 Å². The van der Waals surface area contributed by atoms with Crippen molar-refractivity contribution in [1.29, 1.82) is 0 Å². The lowest BCUT2D eigenvalue weighted by Gasteiger charge is -2.05. The second-order valence-corrected chi connectivity index (χ2v) is 4.99. The standard InChI is InChI=1S/C16H16N4O2/c1-10-2-7-13-14(8-10)19-16(18-13)11-3-5-12(6-4-11)22-9-15(21)20-17/h2-8H,9,17H2,1H3,(H,18,19)(H,20,21). The number of nitrogens with one attached hydrogen (secondary N) is 2. The summed E-state index contributed by atoms with van der Waals surface area (Å²) in [5, 5.41) is 0.